The van der Waals surface area contributed by atoms with Gasteiger partial charge in [0.1, 0.15) is 5.69 Å². The molecule has 1 N–H and O–H groups in total. The Morgan fingerprint density at radius 3 is 2.60 bits per heavy atom. The summed E-state index contributed by atoms with van der Waals surface area (Å²) in [5.41, 5.74) is 3.55. The lowest BCUT2D eigenvalue weighted by atomic mass is 10.2. The summed E-state index contributed by atoms with van der Waals surface area (Å²) in [6.45, 7) is 2.33. The van der Waals surface area contributed by atoms with E-state index in [1.807, 2.05) is 37.3 Å². The maximum atomic E-state index is 11.8. The van der Waals surface area contributed by atoms with Gasteiger partial charge in [0.25, 0.3) is 5.91 Å². The third-order valence-electron chi connectivity index (χ3n) is 2.46. The molecule has 0 atom stereocenters. The van der Waals surface area contributed by atoms with Crippen LogP contribution in [0.25, 0.3) is 0 Å². The maximum absolute atomic E-state index is 11.8. The van der Waals surface area contributed by atoms with Crippen LogP contribution in [0.4, 0.5) is 0 Å². The van der Waals surface area contributed by atoms with Crippen LogP contribution in [0, 0.1) is 0 Å². The molecule has 0 aliphatic rings. The quantitative estimate of drug-likeness (QED) is 0.526. The lowest BCUT2D eigenvalue weighted by Crippen LogP contribution is -2.22. The average Bonchev–Trinajstić information content (AvgIpc) is 2.53. The molecule has 2 rings (SSSR count). The van der Waals surface area contributed by atoms with Gasteiger partial charge in [-0.2, -0.15) is 0 Å². The van der Waals surface area contributed by atoms with Crippen molar-refractivity contribution in [2.75, 3.05) is 6.61 Å². The fraction of sp³-hybridized carbons (Fsp3) is 0.133. The molecule has 1 aromatic heterocycles. The van der Waals surface area contributed by atoms with Crippen molar-refractivity contribution in [1.82, 2.24) is 10.4 Å². The number of rotatable bonds is 4. The second-order valence-corrected chi connectivity index (χ2v) is 3.87. The van der Waals surface area contributed by atoms with Gasteiger partial charge in [-0.15, -0.1) is 5.10 Å². The Labute approximate surface area is 117 Å². The number of amides is 1. The van der Waals surface area contributed by atoms with Gasteiger partial charge in [0.15, 0.2) is 0 Å². The van der Waals surface area contributed by atoms with E-state index in [1.54, 1.807) is 24.4 Å². The largest absolute Gasteiger partial charge is 0.477 e. The minimum absolute atomic E-state index is 0.306. The van der Waals surface area contributed by atoms with Crippen LogP contribution in [0.1, 0.15) is 23.0 Å². The summed E-state index contributed by atoms with van der Waals surface area (Å²) in [4.78, 5) is 15.8. The number of hydrazone groups is 1. The Morgan fingerprint density at radius 1 is 1.20 bits per heavy atom. The van der Waals surface area contributed by atoms with E-state index >= 15 is 0 Å². The molecule has 0 aliphatic carbocycles. The minimum Gasteiger partial charge on any atom is -0.477 e. The fourth-order valence-corrected chi connectivity index (χ4v) is 1.55. The van der Waals surface area contributed by atoms with Crippen LogP contribution >= 0.6 is 0 Å². The summed E-state index contributed by atoms with van der Waals surface area (Å²) in [7, 11) is 0. The Balaban J connectivity index is 2.12. The van der Waals surface area contributed by atoms with Crippen LogP contribution in [0.3, 0.4) is 0 Å². The molecule has 1 heterocycles. The van der Waals surface area contributed by atoms with E-state index in [2.05, 4.69) is 15.5 Å². The van der Waals surface area contributed by atoms with E-state index in [0.29, 0.717) is 18.2 Å². The van der Waals surface area contributed by atoms with E-state index in [1.165, 1.54) is 0 Å². The third kappa shape index (κ3) is 3.65. The van der Waals surface area contributed by atoms with E-state index in [0.717, 1.165) is 5.56 Å². The SMILES string of the molecule is CCO/C(=N/NC(=O)c1ccccn1)c1ccccc1. The smallest absolute Gasteiger partial charge is 0.290 e. The van der Waals surface area contributed by atoms with Crippen molar-refractivity contribution in [3.8, 4) is 0 Å². The number of benzene rings is 1. The molecular weight excluding hydrogens is 254 g/mol. The van der Waals surface area contributed by atoms with E-state index in [-0.39, 0.29) is 5.91 Å². The Morgan fingerprint density at radius 2 is 1.95 bits per heavy atom. The molecular formula is C15H15N3O2. The van der Waals surface area contributed by atoms with Crippen molar-refractivity contribution in [3.63, 3.8) is 0 Å². The molecule has 0 radical (unpaired) electrons. The van der Waals surface area contributed by atoms with E-state index in [4.69, 9.17) is 4.74 Å². The monoisotopic (exact) mass is 269 g/mol. The number of hydrogen-bond donors (Lipinski definition) is 1. The predicted molar refractivity (Wildman–Crippen MR) is 76.3 cm³/mol. The highest BCUT2D eigenvalue weighted by atomic mass is 16.5. The van der Waals surface area contributed by atoms with Gasteiger partial charge < -0.3 is 4.74 Å². The van der Waals surface area contributed by atoms with Gasteiger partial charge in [-0.05, 0) is 31.2 Å². The molecule has 0 bridgehead atoms. The highest BCUT2D eigenvalue weighted by molar-refractivity contribution is 5.97. The standard InChI is InChI=1S/C15H15N3O2/c1-2-20-15(12-8-4-3-5-9-12)18-17-14(19)13-10-6-7-11-16-13/h3-11H,2H2,1H3,(H,17,19)/b18-15+. The second-order valence-electron chi connectivity index (χ2n) is 3.87. The van der Waals surface area contributed by atoms with Gasteiger partial charge in [-0.3, -0.25) is 9.78 Å². The summed E-state index contributed by atoms with van der Waals surface area (Å²) in [6.07, 6.45) is 1.55. The Bertz CT molecular complexity index is 583. The van der Waals surface area contributed by atoms with E-state index < -0.39 is 0 Å². The number of aromatic nitrogens is 1. The van der Waals surface area contributed by atoms with Gasteiger partial charge in [0, 0.05) is 11.8 Å². The first kappa shape index (κ1) is 13.7. The van der Waals surface area contributed by atoms with E-state index in [9.17, 15) is 4.79 Å². The molecule has 0 saturated carbocycles. The number of carbonyl (C=O) groups excluding carboxylic acids is 1. The van der Waals surface area contributed by atoms with Gasteiger partial charge in [-0.25, -0.2) is 5.43 Å². The number of ether oxygens (including phenoxy) is 1. The maximum Gasteiger partial charge on any atom is 0.290 e. The predicted octanol–water partition coefficient (Wildman–Crippen LogP) is 2.21. The zero-order valence-corrected chi connectivity index (χ0v) is 11.1. The fourth-order valence-electron chi connectivity index (χ4n) is 1.55. The lowest BCUT2D eigenvalue weighted by molar-refractivity contribution is 0.0948. The number of nitrogens with zero attached hydrogens (tertiary/aromatic N) is 2. The molecule has 0 spiro atoms. The topological polar surface area (TPSA) is 63.6 Å². The average molecular weight is 269 g/mol. The molecule has 5 heteroatoms. The molecule has 0 aliphatic heterocycles. The summed E-state index contributed by atoms with van der Waals surface area (Å²) >= 11 is 0. The first-order chi connectivity index (χ1) is 9.81. The molecule has 2 aromatic rings. The summed E-state index contributed by atoms with van der Waals surface area (Å²) in [5.74, 6) is -0.00360. The number of carbonyl (C=O) groups is 1. The van der Waals surface area contributed by atoms with Crippen LogP contribution < -0.4 is 5.43 Å². The first-order valence-electron chi connectivity index (χ1n) is 6.28. The molecule has 5 nitrogen and oxygen atoms in total. The molecule has 0 unspecified atom stereocenters. The first-order valence-corrected chi connectivity index (χ1v) is 6.28. The van der Waals surface area contributed by atoms with Crippen LogP contribution in [-0.4, -0.2) is 23.4 Å². The normalized spacial score (nSPS) is 10.9. The van der Waals surface area contributed by atoms with Gasteiger partial charge in [-0.1, -0.05) is 24.3 Å². The van der Waals surface area contributed by atoms with Gasteiger partial charge in [0.05, 0.1) is 6.61 Å². The lowest BCUT2D eigenvalue weighted by Gasteiger charge is -2.07. The summed E-state index contributed by atoms with van der Waals surface area (Å²) in [6, 6.07) is 14.5. The highest BCUT2D eigenvalue weighted by Gasteiger charge is 2.07. The van der Waals surface area contributed by atoms with Crippen molar-refractivity contribution >= 4 is 11.8 Å². The third-order valence-corrected chi connectivity index (χ3v) is 2.46. The van der Waals surface area contributed by atoms with Crippen LogP contribution in [0.5, 0.6) is 0 Å². The van der Waals surface area contributed by atoms with Gasteiger partial charge in [0.2, 0.25) is 5.90 Å². The molecule has 102 valence electrons. The van der Waals surface area contributed by atoms with Crippen molar-refractivity contribution in [2.24, 2.45) is 5.10 Å². The van der Waals surface area contributed by atoms with Crippen LogP contribution in [-0.2, 0) is 4.74 Å². The van der Waals surface area contributed by atoms with Crippen LogP contribution in [0.2, 0.25) is 0 Å². The molecule has 1 aromatic carbocycles. The Kier molecular flexibility index (Phi) is 4.83. The Hall–Kier alpha value is -2.69. The second kappa shape index (κ2) is 7.04. The zero-order valence-electron chi connectivity index (χ0n) is 11.1. The molecule has 20 heavy (non-hydrogen) atoms. The summed E-state index contributed by atoms with van der Waals surface area (Å²) in [5, 5.41) is 4.01. The molecule has 1 amide bonds. The van der Waals surface area contributed by atoms with Crippen LogP contribution in [0.15, 0.2) is 59.8 Å². The van der Waals surface area contributed by atoms with Crippen molar-refractivity contribution in [1.29, 1.82) is 0 Å². The minimum atomic E-state index is -0.376. The van der Waals surface area contributed by atoms with Crippen molar-refractivity contribution < 1.29 is 9.53 Å². The number of nitrogens with one attached hydrogen (secondary N) is 1. The number of pyridine rings is 1. The van der Waals surface area contributed by atoms with Gasteiger partial charge >= 0.3 is 0 Å². The highest BCUT2D eigenvalue weighted by Crippen LogP contribution is 2.02. The molecule has 0 fully saturated rings. The summed E-state index contributed by atoms with van der Waals surface area (Å²) < 4.78 is 5.43. The number of hydrogen-bond acceptors (Lipinski definition) is 4. The zero-order chi connectivity index (χ0) is 14.2. The van der Waals surface area contributed by atoms with Crippen molar-refractivity contribution in [2.45, 2.75) is 6.92 Å². The molecule has 0 saturated heterocycles. The van der Waals surface area contributed by atoms with Crippen molar-refractivity contribution in [3.05, 3.63) is 66.0 Å².